The predicted molar refractivity (Wildman–Crippen MR) is 85.8 cm³/mol. The number of ketones is 1. The molecule has 1 N–H and O–H groups in total. The molecule has 0 heterocycles. The van der Waals surface area contributed by atoms with E-state index in [1.807, 2.05) is 0 Å². The summed E-state index contributed by atoms with van der Waals surface area (Å²) in [5.74, 6) is -0.285. The highest BCUT2D eigenvalue weighted by Crippen LogP contribution is 2.13. The van der Waals surface area contributed by atoms with Crippen LogP contribution in [0.2, 0.25) is 0 Å². The Hall–Kier alpha value is -2.95. The van der Waals surface area contributed by atoms with E-state index < -0.39 is 0 Å². The maximum absolute atomic E-state index is 13.1. The van der Waals surface area contributed by atoms with Gasteiger partial charge in [-0.3, -0.25) is 9.59 Å². The number of rotatable bonds is 6. The first kappa shape index (κ1) is 16.4. The summed E-state index contributed by atoms with van der Waals surface area (Å²) in [7, 11) is 1.53. The van der Waals surface area contributed by atoms with Gasteiger partial charge in [0.15, 0.2) is 12.4 Å². The van der Waals surface area contributed by atoms with E-state index in [2.05, 4.69) is 5.32 Å². The van der Waals surface area contributed by atoms with E-state index in [1.54, 1.807) is 42.5 Å². The van der Waals surface area contributed by atoms with Gasteiger partial charge in [0.1, 0.15) is 11.6 Å². The Balaban J connectivity index is 1.98. The molecule has 118 valence electrons. The van der Waals surface area contributed by atoms with Crippen LogP contribution in [-0.2, 0) is 4.79 Å². The van der Waals surface area contributed by atoms with Crippen LogP contribution in [0.15, 0.2) is 54.6 Å². The third-order valence-electron chi connectivity index (χ3n) is 3.06. The molecule has 0 aromatic heterocycles. The highest BCUT2D eigenvalue weighted by Gasteiger charge is 2.04. The van der Waals surface area contributed by atoms with Gasteiger partial charge in [0, 0.05) is 12.6 Å². The normalized spacial score (nSPS) is 10.5. The van der Waals surface area contributed by atoms with E-state index in [4.69, 9.17) is 4.74 Å². The number of nitrogens with one attached hydrogen (secondary N) is 1. The number of hydrogen-bond donors (Lipinski definition) is 1. The molecule has 23 heavy (non-hydrogen) atoms. The molecule has 1 amide bonds. The smallest absolute Gasteiger partial charge is 0.257 e. The molecule has 0 saturated heterocycles. The molecule has 0 aliphatic heterocycles. The third kappa shape index (κ3) is 5.07. The number of allylic oxidation sites excluding steroid dienone is 1. The second-order valence-corrected chi connectivity index (χ2v) is 4.74. The fourth-order valence-electron chi connectivity index (χ4n) is 1.81. The maximum atomic E-state index is 13.1. The lowest BCUT2D eigenvalue weighted by atomic mass is 10.1. The van der Waals surface area contributed by atoms with E-state index in [-0.39, 0.29) is 24.1 Å². The van der Waals surface area contributed by atoms with E-state index in [9.17, 15) is 14.0 Å². The minimum Gasteiger partial charge on any atom is -0.484 e. The molecule has 2 aromatic carbocycles. The second kappa shape index (κ2) is 7.89. The summed E-state index contributed by atoms with van der Waals surface area (Å²) in [5.41, 5.74) is 1.09. The monoisotopic (exact) mass is 313 g/mol. The lowest BCUT2D eigenvalue weighted by Crippen LogP contribution is -2.24. The fourth-order valence-corrected chi connectivity index (χ4v) is 1.81. The van der Waals surface area contributed by atoms with Crippen molar-refractivity contribution in [2.24, 2.45) is 0 Å². The topological polar surface area (TPSA) is 55.4 Å². The van der Waals surface area contributed by atoms with Crippen LogP contribution in [0.1, 0.15) is 15.9 Å². The van der Waals surface area contributed by atoms with Crippen molar-refractivity contribution in [1.82, 2.24) is 5.32 Å². The van der Waals surface area contributed by atoms with Gasteiger partial charge in [0.05, 0.1) is 0 Å². The van der Waals surface area contributed by atoms with E-state index in [0.717, 1.165) is 0 Å². The van der Waals surface area contributed by atoms with Crippen LogP contribution >= 0.6 is 0 Å². The van der Waals surface area contributed by atoms with Gasteiger partial charge in [0.2, 0.25) is 0 Å². The Morgan fingerprint density at radius 3 is 2.57 bits per heavy atom. The second-order valence-electron chi connectivity index (χ2n) is 4.74. The van der Waals surface area contributed by atoms with Crippen LogP contribution in [-0.4, -0.2) is 25.3 Å². The molecule has 0 saturated carbocycles. The summed E-state index contributed by atoms with van der Waals surface area (Å²) >= 11 is 0. The standard InChI is InChI=1S/C18H16FNO3/c1-20-18(22)12-23-16-8-6-14(7-9-16)17(21)10-5-13-3-2-4-15(19)11-13/h2-11H,12H2,1H3,(H,20,22)/b10-5+. The summed E-state index contributed by atoms with van der Waals surface area (Å²) in [5, 5.41) is 2.45. The molecule has 0 fully saturated rings. The summed E-state index contributed by atoms with van der Waals surface area (Å²) in [6, 6.07) is 12.4. The zero-order valence-electron chi connectivity index (χ0n) is 12.6. The van der Waals surface area contributed by atoms with E-state index in [0.29, 0.717) is 16.9 Å². The Morgan fingerprint density at radius 1 is 1.17 bits per heavy atom. The highest BCUT2D eigenvalue weighted by molar-refractivity contribution is 6.06. The molecule has 0 aliphatic rings. The maximum Gasteiger partial charge on any atom is 0.257 e. The number of carbonyl (C=O) groups excluding carboxylic acids is 2. The SMILES string of the molecule is CNC(=O)COc1ccc(C(=O)/C=C/c2cccc(F)c2)cc1. The predicted octanol–water partition coefficient (Wildman–Crippen LogP) is 2.85. The number of amides is 1. The summed E-state index contributed by atoms with van der Waals surface area (Å²) in [4.78, 5) is 23.1. The van der Waals surface area contributed by atoms with Crippen molar-refractivity contribution in [3.05, 3.63) is 71.6 Å². The van der Waals surface area contributed by atoms with Crippen LogP contribution in [0.5, 0.6) is 5.75 Å². The molecular formula is C18H16FNO3. The van der Waals surface area contributed by atoms with E-state index in [1.165, 1.54) is 25.3 Å². The minimum absolute atomic E-state index is 0.0801. The van der Waals surface area contributed by atoms with Gasteiger partial charge < -0.3 is 10.1 Å². The average Bonchev–Trinajstić information content (AvgIpc) is 2.58. The zero-order chi connectivity index (χ0) is 16.7. The fraction of sp³-hybridized carbons (Fsp3) is 0.111. The van der Waals surface area contributed by atoms with E-state index >= 15 is 0 Å². The molecule has 5 heteroatoms. The van der Waals surface area contributed by atoms with Crippen molar-refractivity contribution < 1.29 is 18.7 Å². The molecule has 0 bridgehead atoms. The van der Waals surface area contributed by atoms with Gasteiger partial charge in [-0.1, -0.05) is 18.2 Å². The quantitative estimate of drug-likeness (QED) is 0.659. The van der Waals surface area contributed by atoms with Crippen molar-refractivity contribution in [3.8, 4) is 5.75 Å². The largest absolute Gasteiger partial charge is 0.484 e. The molecule has 0 spiro atoms. The first-order valence-electron chi connectivity index (χ1n) is 7.00. The Labute approximate surface area is 133 Å². The van der Waals surface area contributed by atoms with Gasteiger partial charge in [0.25, 0.3) is 5.91 Å². The molecule has 0 aliphatic carbocycles. The van der Waals surface area contributed by atoms with Gasteiger partial charge in [-0.15, -0.1) is 0 Å². The molecule has 2 aromatic rings. The van der Waals surface area contributed by atoms with Gasteiger partial charge in [-0.05, 0) is 48.0 Å². The summed E-state index contributed by atoms with van der Waals surface area (Å²) in [6.07, 6.45) is 2.94. The Morgan fingerprint density at radius 2 is 1.91 bits per heavy atom. The van der Waals surface area contributed by atoms with Crippen molar-refractivity contribution in [1.29, 1.82) is 0 Å². The summed E-state index contributed by atoms with van der Waals surface area (Å²) in [6.45, 7) is -0.0801. The lowest BCUT2D eigenvalue weighted by molar-refractivity contribution is -0.122. The van der Waals surface area contributed by atoms with Gasteiger partial charge >= 0.3 is 0 Å². The molecular weight excluding hydrogens is 297 g/mol. The third-order valence-corrected chi connectivity index (χ3v) is 3.06. The number of likely N-dealkylation sites (N-methyl/N-ethyl adjacent to an activating group) is 1. The van der Waals surface area contributed by atoms with Gasteiger partial charge in [-0.2, -0.15) is 0 Å². The molecule has 0 unspecified atom stereocenters. The van der Waals surface area contributed by atoms with Crippen molar-refractivity contribution in [2.45, 2.75) is 0 Å². The number of benzene rings is 2. The van der Waals surface area contributed by atoms with Crippen molar-refractivity contribution in [2.75, 3.05) is 13.7 Å². The molecule has 2 rings (SSSR count). The number of carbonyl (C=O) groups is 2. The molecule has 0 atom stereocenters. The molecule has 0 radical (unpaired) electrons. The summed E-state index contributed by atoms with van der Waals surface area (Å²) < 4.78 is 18.3. The number of halogens is 1. The number of hydrogen-bond acceptors (Lipinski definition) is 3. The Kier molecular flexibility index (Phi) is 5.63. The van der Waals surface area contributed by atoms with Crippen LogP contribution in [0, 0.1) is 5.82 Å². The van der Waals surface area contributed by atoms with Gasteiger partial charge in [-0.25, -0.2) is 4.39 Å². The minimum atomic E-state index is -0.350. The van der Waals surface area contributed by atoms with Crippen LogP contribution in [0.3, 0.4) is 0 Å². The number of ether oxygens (including phenoxy) is 1. The van der Waals surface area contributed by atoms with Crippen LogP contribution < -0.4 is 10.1 Å². The zero-order valence-corrected chi connectivity index (χ0v) is 12.6. The Bertz CT molecular complexity index is 723. The first-order chi connectivity index (χ1) is 11.1. The lowest BCUT2D eigenvalue weighted by Gasteiger charge is -2.05. The average molecular weight is 313 g/mol. The van der Waals surface area contributed by atoms with Crippen LogP contribution in [0.4, 0.5) is 4.39 Å². The van der Waals surface area contributed by atoms with Crippen LogP contribution in [0.25, 0.3) is 6.08 Å². The van der Waals surface area contributed by atoms with Crippen molar-refractivity contribution >= 4 is 17.8 Å². The first-order valence-corrected chi connectivity index (χ1v) is 7.00. The molecule has 4 nitrogen and oxygen atoms in total. The highest BCUT2D eigenvalue weighted by atomic mass is 19.1. The van der Waals surface area contributed by atoms with Crippen molar-refractivity contribution in [3.63, 3.8) is 0 Å².